The molecule has 0 N–H and O–H groups in total. The molecule has 0 radical (unpaired) electrons. The fourth-order valence-corrected chi connectivity index (χ4v) is 4.24. The minimum absolute atomic E-state index is 0.157. The van der Waals surface area contributed by atoms with Gasteiger partial charge >= 0.3 is 0 Å². The number of benzene rings is 2. The maximum atomic E-state index is 12.9. The minimum Gasteiger partial charge on any atom is -0.341 e. The van der Waals surface area contributed by atoms with Crippen LogP contribution in [0.5, 0.6) is 0 Å². The van der Waals surface area contributed by atoms with E-state index in [1.165, 1.54) is 24.1 Å². The van der Waals surface area contributed by atoms with Gasteiger partial charge in [-0.1, -0.05) is 42.5 Å². The lowest BCUT2D eigenvalue weighted by Crippen LogP contribution is -2.73. The topological polar surface area (TPSA) is 23.6 Å². The van der Waals surface area contributed by atoms with E-state index in [4.69, 9.17) is 0 Å². The van der Waals surface area contributed by atoms with Crippen molar-refractivity contribution >= 4 is 5.91 Å². The van der Waals surface area contributed by atoms with E-state index in [-0.39, 0.29) is 11.7 Å². The quantitative estimate of drug-likeness (QED) is 0.797. The Morgan fingerprint density at radius 2 is 1.62 bits per heavy atom. The van der Waals surface area contributed by atoms with Gasteiger partial charge in [-0.15, -0.1) is 0 Å². The lowest BCUT2D eigenvalue weighted by atomic mass is 9.72. The third-order valence-corrected chi connectivity index (χ3v) is 5.57. The summed E-state index contributed by atoms with van der Waals surface area (Å²) in [5.41, 5.74) is 2.63. The zero-order chi connectivity index (χ0) is 18.0. The van der Waals surface area contributed by atoms with Crippen molar-refractivity contribution in [1.82, 2.24) is 9.80 Å². The Morgan fingerprint density at radius 1 is 0.923 bits per heavy atom. The van der Waals surface area contributed by atoms with Crippen LogP contribution >= 0.6 is 0 Å². The standard InChI is InChI=1S/C22H25FN2O/c23-20-10-8-19(9-11-20)13-21(26)25-16-22(17-25)14-24(15-22)12-4-7-18-5-2-1-3-6-18/h1-3,5-6,8-11H,4,7,12-17H2. The first-order valence-electron chi connectivity index (χ1n) is 9.40. The number of aryl methyl sites for hydroxylation is 1. The van der Waals surface area contributed by atoms with Crippen molar-refractivity contribution in [2.24, 2.45) is 5.41 Å². The molecule has 2 saturated heterocycles. The molecular weight excluding hydrogens is 327 g/mol. The number of amides is 1. The first kappa shape index (κ1) is 17.2. The average Bonchev–Trinajstić information content (AvgIpc) is 2.58. The maximum absolute atomic E-state index is 12.9. The van der Waals surface area contributed by atoms with Crippen molar-refractivity contribution in [2.75, 3.05) is 32.7 Å². The maximum Gasteiger partial charge on any atom is 0.227 e. The van der Waals surface area contributed by atoms with Gasteiger partial charge < -0.3 is 9.80 Å². The van der Waals surface area contributed by atoms with Crippen molar-refractivity contribution in [3.05, 3.63) is 71.5 Å². The minimum atomic E-state index is -0.258. The number of rotatable bonds is 6. The van der Waals surface area contributed by atoms with Crippen LogP contribution in [0.1, 0.15) is 17.5 Å². The van der Waals surface area contributed by atoms with E-state index in [9.17, 15) is 9.18 Å². The molecule has 2 heterocycles. The Morgan fingerprint density at radius 3 is 2.31 bits per heavy atom. The largest absolute Gasteiger partial charge is 0.341 e. The van der Waals surface area contributed by atoms with Crippen LogP contribution in [-0.4, -0.2) is 48.4 Å². The molecule has 26 heavy (non-hydrogen) atoms. The van der Waals surface area contributed by atoms with Crippen LogP contribution in [0.4, 0.5) is 4.39 Å². The van der Waals surface area contributed by atoms with Crippen LogP contribution in [-0.2, 0) is 17.6 Å². The summed E-state index contributed by atoms with van der Waals surface area (Å²) in [7, 11) is 0. The molecule has 4 rings (SSSR count). The number of hydrogen-bond acceptors (Lipinski definition) is 2. The molecule has 0 unspecified atom stereocenters. The van der Waals surface area contributed by atoms with Crippen LogP contribution < -0.4 is 0 Å². The molecular formula is C22H25FN2O. The van der Waals surface area contributed by atoms with Crippen molar-refractivity contribution in [3.8, 4) is 0 Å². The molecule has 4 heteroatoms. The Kier molecular flexibility index (Phi) is 4.77. The summed E-state index contributed by atoms with van der Waals surface area (Å²) in [6, 6.07) is 16.9. The fourth-order valence-electron chi connectivity index (χ4n) is 4.24. The molecule has 1 spiro atoms. The molecule has 0 bridgehead atoms. The molecule has 2 aromatic rings. The van der Waals surface area contributed by atoms with E-state index in [1.54, 1.807) is 12.1 Å². The predicted molar refractivity (Wildman–Crippen MR) is 100 cm³/mol. The van der Waals surface area contributed by atoms with Gasteiger partial charge in [0, 0.05) is 31.6 Å². The second kappa shape index (κ2) is 7.20. The molecule has 0 atom stereocenters. The molecule has 0 saturated carbocycles. The molecule has 2 aromatic carbocycles. The summed E-state index contributed by atoms with van der Waals surface area (Å²) in [5, 5.41) is 0. The number of likely N-dealkylation sites (tertiary alicyclic amines) is 2. The van der Waals surface area contributed by atoms with Gasteiger partial charge in [0.15, 0.2) is 0 Å². The van der Waals surface area contributed by atoms with Gasteiger partial charge in [-0.05, 0) is 42.6 Å². The summed E-state index contributed by atoms with van der Waals surface area (Å²) in [6.07, 6.45) is 2.69. The zero-order valence-corrected chi connectivity index (χ0v) is 15.0. The summed E-state index contributed by atoms with van der Waals surface area (Å²) in [6.45, 7) is 5.12. The lowest BCUT2D eigenvalue weighted by molar-refractivity contribution is -0.158. The normalized spacial score (nSPS) is 18.4. The highest BCUT2D eigenvalue weighted by atomic mass is 19.1. The van der Waals surface area contributed by atoms with E-state index < -0.39 is 0 Å². The van der Waals surface area contributed by atoms with Crippen LogP contribution in [0.25, 0.3) is 0 Å². The van der Waals surface area contributed by atoms with Crippen LogP contribution in [0.2, 0.25) is 0 Å². The van der Waals surface area contributed by atoms with Gasteiger partial charge in [-0.3, -0.25) is 4.79 Å². The Hall–Kier alpha value is -2.20. The summed E-state index contributed by atoms with van der Waals surface area (Å²) < 4.78 is 12.9. The van der Waals surface area contributed by atoms with Crippen LogP contribution in [0.15, 0.2) is 54.6 Å². The first-order chi connectivity index (χ1) is 12.6. The lowest BCUT2D eigenvalue weighted by Gasteiger charge is -2.60. The average molecular weight is 352 g/mol. The third kappa shape index (κ3) is 3.80. The Bertz CT molecular complexity index is 745. The van der Waals surface area contributed by atoms with Crippen molar-refractivity contribution in [3.63, 3.8) is 0 Å². The van der Waals surface area contributed by atoms with E-state index in [2.05, 4.69) is 35.2 Å². The second-order valence-electron chi connectivity index (χ2n) is 7.85. The molecule has 136 valence electrons. The van der Waals surface area contributed by atoms with Crippen LogP contribution in [0, 0.1) is 11.2 Å². The number of carbonyl (C=O) groups excluding carboxylic acids is 1. The highest BCUT2D eigenvalue weighted by Gasteiger charge is 2.52. The fraction of sp³-hybridized carbons (Fsp3) is 0.409. The first-order valence-corrected chi connectivity index (χ1v) is 9.40. The molecule has 1 amide bonds. The van der Waals surface area contributed by atoms with Crippen LogP contribution in [0.3, 0.4) is 0 Å². The number of nitrogens with zero attached hydrogens (tertiary/aromatic N) is 2. The van der Waals surface area contributed by atoms with E-state index in [0.29, 0.717) is 11.8 Å². The SMILES string of the molecule is O=C(Cc1ccc(F)cc1)N1CC2(CN(CCCc3ccccc3)C2)C1. The molecule has 0 aliphatic carbocycles. The molecule has 2 aliphatic rings. The monoisotopic (exact) mass is 352 g/mol. The van der Waals surface area contributed by atoms with Crippen molar-refractivity contribution in [1.29, 1.82) is 0 Å². The molecule has 3 nitrogen and oxygen atoms in total. The number of carbonyl (C=O) groups is 1. The van der Waals surface area contributed by atoms with E-state index >= 15 is 0 Å². The molecule has 2 aliphatic heterocycles. The van der Waals surface area contributed by atoms with Gasteiger partial charge in [-0.2, -0.15) is 0 Å². The predicted octanol–water partition coefficient (Wildman–Crippen LogP) is 3.15. The molecule has 0 aromatic heterocycles. The van der Waals surface area contributed by atoms with Gasteiger partial charge in [0.05, 0.1) is 6.42 Å². The Labute approximate surface area is 154 Å². The number of halogens is 1. The van der Waals surface area contributed by atoms with Gasteiger partial charge in [-0.25, -0.2) is 4.39 Å². The summed E-state index contributed by atoms with van der Waals surface area (Å²) >= 11 is 0. The van der Waals surface area contributed by atoms with E-state index in [0.717, 1.165) is 44.7 Å². The third-order valence-electron chi connectivity index (χ3n) is 5.57. The summed E-state index contributed by atoms with van der Waals surface area (Å²) in [5.74, 6) is -0.101. The summed E-state index contributed by atoms with van der Waals surface area (Å²) in [4.78, 5) is 16.8. The Balaban J connectivity index is 1.15. The smallest absolute Gasteiger partial charge is 0.227 e. The van der Waals surface area contributed by atoms with Gasteiger partial charge in [0.2, 0.25) is 5.91 Å². The zero-order valence-electron chi connectivity index (χ0n) is 15.0. The van der Waals surface area contributed by atoms with Gasteiger partial charge in [0.1, 0.15) is 5.82 Å². The second-order valence-corrected chi connectivity index (χ2v) is 7.85. The molecule has 2 fully saturated rings. The number of hydrogen-bond donors (Lipinski definition) is 0. The van der Waals surface area contributed by atoms with Gasteiger partial charge in [0.25, 0.3) is 0 Å². The van der Waals surface area contributed by atoms with E-state index in [1.807, 2.05) is 4.90 Å². The highest BCUT2D eigenvalue weighted by Crippen LogP contribution is 2.39. The van der Waals surface area contributed by atoms with Crippen molar-refractivity contribution < 1.29 is 9.18 Å². The van der Waals surface area contributed by atoms with Crippen molar-refractivity contribution in [2.45, 2.75) is 19.3 Å². The highest BCUT2D eigenvalue weighted by molar-refractivity contribution is 5.79.